The minimum absolute atomic E-state index is 0.311. The van der Waals surface area contributed by atoms with Gasteiger partial charge in [0, 0.05) is 29.3 Å². The van der Waals surface area contributed by atoms with Gasteiger partial charge in [-0.3, -0.25) is 5.10 Å². The predicted octanol–water partition coefficient (Wildman–Crippen LogP) is 2.82. The van der Waals surface area contributed by atoms with E-state index in [0.29, 0.717) is 19.1 Å². The molecule has 1 aliphatic heterocycles. The Morgan fingerprint density at radius 2 is 2.15 bits per heavy atom. The number of benzene rings is 1. The van der Waals surface area contributed by atoms with Crippen molar-refractivity contribution < 1.29 is 9.84 Å². The maximum Gasteiger partial charge on any atom is 0.128 e. The van der Waals surface area contributed by atoms with E-state index >= 15 is 0 Å². The molecule has 1 fully saturated rings. The molecule has 0 amide bonds. The zero-order chi connectivity index (χ0) is 17.9. The van der Waals surface area contributed by atoms with Gasteiger partial charge < -0.3 is 19.7 Å². The average Bonchev–Trinajstić information content (AvgIpc) is 3.29. The van der Waals surface area contributed by atoms with Gasteiger partial charge in [0.2, 0.25) is 0 Å². The highest BCUT2D eigenvalue weighted by Crippen LogP contribution is 2.29. The smallest absolute Gasteiger partial charge is 0.128 e. The Balaban J connectivity index is 1.26. The van der Waals surface area contributed by atoms with Crippen LogP contribution in [0.5, 0.6) is 5.75 Å². The van der Waals surface area contributed by atoms with E-state index in [4.69, 9.17) is 4.74 Å². The van der Waals surface area contributed by atoms with Gasteiger partial charge in [0.25, 0.3) is 0 Å². The highest BCUT2D eigenvalue weighted by molar-refractivity contribution is 5.85. The van der Waals surface area contributed by atoms with Crippen LogP contribution >= 0.6 is 0 Å². The quantitative estimate of drug-likeness (QED) is 0.636. The average molecular weight is 354 g/mol. The fourth-order valence-electron chi connectivity index (χ4n) is 3.92. The fourth-order valence-corrected chi connectivity index (χ4v) is 3.92. The number of aryl methyl sites for hydroxylation is 1. The largest absolute Gasteiger partial charge is 0.490 e. The summed E-state index contributed by atoms with van der Waals surface area (Å²) in [4.78, 5) is 5.51. The van der Waals surface area contributed by atoms with E-state index in [9.17, 15) is 5.11 Å². The zero-order valence-corrected chi connectivity index (χ0v) is 15.1. The van der Waals surface area contributed by atoms with E-state index in [1.807, 2.05) is 36.7 Å². The van der Waals surface area contributed by atoms with E-state index < -0.39 is 6.10 Å². The molecule has 2 aromatic heterocycles. The number of rotatable bonds is 6. The van der Waals surface area contributed by atoms with Gasteiger partial charge in [0.15, 0.2) is 0 Å². The van der Waals surface area contributed by atoms with Crippen molar-refractivity contribution >= 4 is 10.9 Å². The van der Waals surface area contributed by atoms with Crippen molar-refractivity contribution in [2.75, 3.05) is 26.2 Å². The van der Waals surface area contributed by atoms with Crippen LogP contribution in [-0.2, 0) is 0 Å². The number of aliphatic hydroxyl groups excluding tert-OH is 1. The number of hydrogen-bond acceptors (Lipinski definition) is 4. The Bertz CT molecular complexity index is 848. The first-order valence-electron chi connectivity index (χ1n) is 9.30. The van der Waals surface area contributed by atoms with E-state index in [1.54, 1.807) is 0 Å². The lowest BCUT2D eigenvalue weighted by molar-refractivity contribution is 0.0599. The van der Waals surface area contributed by atoms with Crippen molar-refractivity contribution in [2.24, 2.45) is 0 Å². The van der Waals surface area contributed by atoms with Gasteiger partial charge in [-0.05, 0) is 62.5 Å². The molecule has 1 atom stereocenters. The minimum Gasteiger partial charge on any atom is -0.490 e. The van der Waals surface area contributed by atoms with E-state index in [2.05, 4.69) is 27.0 Å². The number of aromatic nitrogens is 3. The number of hydrogen-bond donors (Lipinski definition) is 3. The predicted molar refractivity (Wildman–Crippen MR) is 102 cm³/mol. The fraction of sp³-hybridized carbons (Fsp3) is 0.450. The Kier molecular flexibility index (Phi) is 4.95. The Labute approximate surface area is 153 Å². The van der Waals surface area contributed by atoms with Crippen molar-refractivity contribution in [1.29, 1.82) is 0 Å². The molecule has 0 saturated carbocycles. The Morgan fingerprint density at radius 3 is 2.92 bits per heavy atom. The lowest BCUT2D eigenvalue weighted by Crippen LogP contribution is -2.40. The number of piperidine rings is 1. The summed E-state index contributed by atoms with van der Waals surface area (Å²) < 4.78 is 5.87. The second-order valence-corrected chi connectivity index (χ2v) is 7.19. The molecule has 3 heterocycles. The van der Waals surface area contributed by atoms with E-state index in [0.717, 1.165) is 42.6 Å². The molecule has 6 nitrogen and oxygen atoms in total. The SMILES string of the molecule is Cc1[nH]ncc1C1CCN(CC(O)COc2cccc3[nH]ccc23)CC1. The molecule has 1 aliphatic rings. The molecule has 3 aromatic rings. The van der Waals surface area contributed by atoms with Crippen molar-refractivity contribution in [3.63, 3.8) is 0 Å². The highest BCUT2D eigenvalue weighted by Gasteiger charge is 2.24. The number of aromatic amines is 2. The topological polar surface area (TPSA) is 77.2 Å². The van der Waals surface area contributed by atoms with Crippen LogP contribution in [0.4, 0.5) is 0 Å². The molecular formula is C20H26N4O2. The van der Waals surface area contributed by atoms with Crippen molar-refractivity contribution in [1.82, 2.24) is 20.1 Å². The normalized spacial score (nSPS) is 17.6. The molecule has 1 saturated heterocycles. The van der Waals surface area contributed by atoms with E-state index in [1.165, 1.54) is 11.3 Å². The second kappa shape index (κ2) is 7.51. The molecular weight excluding hydrogens is 328 g/mol. The molecule has 1 unspecified atom stereocenters. The third-order valence-corrected chi connectivity index (χ3v) is 5.35. The number of likely N-dealkylation sites (tertiary alicyclic amines) is 1. The molecule has 0 aliphatic carbocycles. The first kappa shape index (κ1) is 17.1. The van der Waals surface area contributed by atoms with Crippen molar-refractivity contribution in [2.45, 2.75) is 31.8 Å². The monoisotopic (exact) mass is 354 g/mol. The minimum atomic E-state index is -0.489. The number of nitrogens with one attached hydrogen (secondary N) is 2. The van der Waals surface area contributed by atoms with Crippen LogP contribution in [-0.4, -0.2) is 57.5 Å². The van der Waals surface area contributed by atoms with Gasteiger partial charge in [0.05, 0.1) is 6.20 Å². The van der Waals surface area contributed by atoms with Crippen LogP contribution in [0, 0.1) is 6.92 Å². The second-order valence-electron chi connectivity index (χ2n) is 7.19. The molecule has 1 aromatic carbocycles. The molecule has 26 heavy (non-hydrogen) atoms. The first-order chi connectivity index (χ1) is 12.7. The van der Waals surface area contributed by atoms with Crippen LogP contribution in [0.15, 0.2) is 36.7 Å². The molecule has 0 spiro atoms. The standard InChI is InChI=1S/C20H26N4O2/c1-14-18(11-22-23-14)15-6-9-24(10-7-15)12-16(25)13-26-20-4-2-3-19-17(20)5-8-21-19/h2-5,8,11,15-16,21,25H,6-7,9-10,12-13H2,1H3,(H,22,23). The number of nitrogens with zero attached hydrogens (tertiary/aromatic N) is 2. The molecule has 0 bridgehead atoms. The molecule has 0 radical (unpaired) electrons. The maximum absolute atomic E-state index is 10.4. The molecule has 4 rings (SSSR count). The summed E-state index contributed by atoms with van der Waals surface area (Å²) in [6, 6.07) is 7.93. The zero-order valence-electron chi connectivity index (χ0n) is 15.1. The van der Waals surface area contributed by atoms with Gasteiger partial charge in [-0.1, -0.05) is 6.07 Å². The summed E-state index contributed by atoms with van der Waals surface area (Å²) in [5.41, 5.74) is 3.57. The van der Waals surface area contributed by atoms with Crippen molar-refractivity contribution in [3.05, 3.63) is 47.9 Å². The Morgan fingerprint density at radius 1 is 1.31 bits per heavy atom. The number of ether oxygens (including phenoxy) is 1. The van der Waals surface area contributed by atoms with Gasteiger partial charge >= 0.3 is 0 Å². The maximum atomic E-state index is 10.4. The number of aliphatic hydroxyl groups is 1. The van der Waals surface area contributed by atoms with Crippen LogP contribution in [0.1, 0.15) is 30.0 Å². The summed E-state index contributed by atoms with van der Waals surface area (Å²) in [6.07, 6.45) is 5.59. The van der Waals surface area contributed by atoms with Gasteiger partial charge in [-0.2, -0.15) is 5.10 Å². The molecule has 6 heteroatoms. The van der Waals surface area contributed by atoms with Crippen molar-refractivity contribution in [3.8, 4) is 5.75 Å². The van der Waals surface area contributed by atoms with Crippen LogP contribution in [0.2, 0.25) is 0 Å². The number of fused-ring (bicyclic) bond motifs is 1. The summed E-state index contributed by atoms with van der Waals surface area (Å²) in [5.74, 6) is 1.39. The van der Waals surface area contributed by atoms with Crippen LogP contribution < -0.4 is 4.74 Å². The van der Waals surface area contributed by atoms with Crippen LogP contribution in [0.3, 0.4) is 0 Å². The summed E-state index contributed by atoms with van der Waals surface area (Å²) in [5, 5.41) is 18.6. The summed E-state index contributed by atoms with van der Waals surface area (Å²) >= 11 is 0. The van der Waals surface area contributed by atoms with Gasteiger partial charge in [0.1, 0.15) is 18.5 Å². The third-order valence-electron chi connectivity index (χ3n) is 5.35. The first-order valence-corrected chi connectivity index (χ1v) is 9.30. The summed E-state index contributed by atoms with van der Waals surface area (Å²) in [6.45, 7) is 5.05. The summed E-state index contributed by atoms with van der Waals surface area (Å²) in [7, 11) is 0. The van der Waals surface area contributed by atoms with Gasteiger partial charge in [-0.15, -0.1) is 0 Å². The van der Waals surface area contributed by atoms with E-state index in [-0.39, 0.29) is 0 Å². The van der Waals surface area contributed by atoms with Crippen LogP contribution in [0.25, 0.3) is 10.9 Å². The molecule has 3 N–H and O–H groups in total. The number of β-amino-alcohol motifs (C(OH)–C–C–N with tert-alkyl or cyclic N) is 1. The lowest BCUT2D eigenvalue weighted by Gasteiger charge is -2.33. The molecule has 138 valence electrons. The lowest BCUT2D eigenvalue weighted by atomic mass is 9.90. The van der Waals surface area contributed by atoms with Gasteiger partial charge in [-0.25, -0.2) is 0 Å². The number of H-pyrrole nitrogens is 2. The Hall–Kier alpha value is -2.31. The third kappa shape index (κ3) is 3.61. The highest BCUT2D eigenvalue weighted by atomic mass is 16.5.